The number of rotatable bonds is 5. The molecular weight excluding hydrogens is 306 g/mol. The van der Waals surface area contributed by atoms with Gasteiger partial charge in [-0.25, -0.2) is 0 Å². The minimum Gasteiger partial charge on any atom is -0.481 e. The van der Waals surface area contributed by atoms with Gasteiger partial charge in [-0.15, -0.1) is 6.58 Å². The van der Waals surface area contributed by atoms with E-state index in [9.17, 15) is 9.90 Å². The molecular formula is C18H27N3O3. The zero-order valence-corrected chi connectivity index (χ0v) is 14.6. The van der Waals surface area contributed by atoms with E-state index in [1.807, 2.05) is 19.9 Å². The second-order valence-corrected chi connectivity index (χ2v) is 7.28. The predicted octanol–water partition coefficient (Wildman–Crippen LogP) is 2.08. The molecule has 2 saturated heterocycles. The molecule has 3 rings (SSSR count). The maximum Gasteiger partial charge on any atom is 0.311 e. The van der Waals surface area contributed by atoms with Crippen LogP contribution in [0.15, 0.2) is 17.2 Å². The van der Waals surface area contributed by atoms with Gasteiger partial charge in [0.25, 0.3) is 0 Å². The molecule has 2 aliphatic heterocycles. The first-order chi connectivity index (χ1) is 11.5. The Labute approximate surface area is 143 Å². The summed E-state index contributed by atoms with van der Waals surface area (Å²) in [5.74, 6) is 0.372. The zero-order chi connectivity index (χ0) is 17.3. The van der Waals surface area contributed by atoms with Crippen LogP contribution in [-0.2, 0) is 11.3 Å². The molecule has 1 aromatic heterocycles. The van der Waals surface area contributed by atoms with Crippen LogP contribution in [0.25, 0.3) is 0 Å². The van der Waals surface area contributed by atoms with E-state index in [0.717, 1.165) is 62.6 Å². The largest absolute Gasteiger partial charge is 0.481 e. The van der Waals surface area contributed by atoms with Gasteiger partial charge in [-0.3, -0.25) is 14.6 Å². The molecule has 0 aromatic carbocycles. The Morgan fingerprint density at radius 1 is 1.46 bits per heavy atom. The molecule has 0 bridgehead atoms. The third-order valence-electron chi connectivity index (χ3n) is 5.72. The average molecular weight is 333 g/mol. The van der Waals surface area contributed by atoms with Gasteiger partial charge in [0.15, 0.2) is 0 Å². The zero-order valence-electron chi connectivity index (χ0n) is 14.6. The van der Waals surface area contributed by atoms with Crippen molar-refractivity contribution >= 4 is 5.97 Å². The number of aromatic nitrogens is 1. The number of fused-ring (bicyclic) bond motifs is 1. The van der Waals surface area contributed by atoms with Crippen molar-refractivity contribution in [2.75, 3.05) is 32.7 Å². The first-order valence-corrected chi connectivity index (χ1v) is 8.67. The van der Waals surface area contributed by atoms with E-state index in [1.165, 1.54) is 0 Å². The highest BCUT2D eigenvalue weighted by atomic mass is 16.5. The number of hydrogen-bond donors (Lipinski definition) is 1. The summed E-state index contributed by atoms with van der Waals surface area (Å²) in [5, 5.41) is 14.0. The minimum atomic E-state index is -0.641. The van der Waals surface area contributed by atoms with Crippen molar-refractivity contribution in [1.29, 1.82) is 0 Å². The van der Waals surface area contributed by atoms with Crippen LogP contribution in [0.3, 0.4) is 0 Å². The Morgan fingerprint density at radius 3 is 2.83 bits per heavy atom. The molecule has 0 saturated carbocycles. The van der Waals surface area contributed by atoms with Crippen molar-refractivity contribution in [3.05, 3.63) is 29.7 Å². The van der Waals surface area contributed by atoms with E-state index in [2.05, 4.69) is 21.5 Å². The van der Waals surface area contributed by atoms with E-state index in [1.54, 1.807) is 0 Å². The Morgan fingerprint density at radius 2 is 2.21 bits per heavy atom. The van der Waals surface area contributed by atoms with Crippen LogP contribution in [0, 0.1) is 25.2 Å². The van der Waals surface area contributed by atoms with Gasteiger partial charge in [0.1, 0.15) is 5.76 Å². The molecule has 0 aliphatic carbocycles. The Balaban J connectivity index is 1.78. The summed E-state index contributed by atoms with van der Waals surface area (Å²) in [4.78, 5) is 16.7. The van der Waals surface area contributed by atoms with Crippen LogP contribution in [0.2, 0.25) is 0 Å². The van der Waals surface area contributed by atoms with Gasteiger partial charge >= 0.3 is 5.97 Å². The predicted molar refractivity (Wildman–Crippen MR) is 90.7 cm³/mol. The van der Waals surface area contributed by atoms with Crippen molar-refractivity contribution in [2.24, 2.45) is 11.3 Å². The molecule has 0 unspecified atom stereocenters. The van der Waals surface area contributed by atoms with Gasteiger partial charge in [-0.1, -0.05) is 11.2 Å². The summed E-state index contributed by atoms with van der Waals surface area (Å²) >= 11 is 0. The van der Waals surface area contributed by atoms with Gasteiger partial charge in [0.2, 0.25) is 0 Å². The monoisotopic (exact) mass is 333 g/mol. The number of carboxylic acid groups (broad SMARTS) is 1. The highest BCUT2D eigenvalue weighted by Crippen LogP contribution is 2.43. The van der Waals surface area contributed by atoms with Crippen LogP contribution >= 0.6 is 0 Å². The lowest BCUT2D eigenvalue weighted by Gasteiger charge is -2.29. The maximum absolute atomic E-state index is 12.1. The molecule has 2 atom stereocenters. The fourth-order valence-corrected chi connectivity index (χ4v) is 4.38. The van der Waals surface area contributed by atoms with E-state index in [0.29, 0.717) is 6.54 Å². The first kappa shape index (κ1) is 17.2. The van der Waals surface area contributed by atoms with E-state index in [4.69, 9.17) is 4.52 Å². The molecule has 6 heteroatoms. The van der Waals surface area contributed by atoms with Crippen LogP contribution < -0.4 is 0 Å². The smallest absolute Gasteiger partial charge is 0.311 e. The van der Waals surface area contributed by atoms with E-state index >= 15 is 0 Å². The van der Waals surface area contributed by atoms with Crippen molar-refractivity contribution in [1.82, 2.24) is 15.0 Å². The lowest BCUT2D eigenvalue weighted by molar-refractivity contribution is -0.151. The normalized spacial score (nSPS) is 28.5. The van der Waals surface area contributed by atoms with Gasteiger partial charge in [-0.05, 0) is 33.2 Å². The molecule has 0 spiro atoms. The summed E-state index contributed by atoms with van der Waals surface area (Å²) in [7, 11) is 0. The Kier molecular flexibility index (Phi) is 4.78. The van der Waals surface area contributed by atoms with Gasteiger partial charge in [-0.2, -0.15) is 0 Å². The summed E-state index contributed by atoms with van der Waals surface area (Å²) in [5.41, 5.74) is 1.45. The van der Waals surface area contributed by atoms with E-state index < -0.39 is 11.4 Å². The third-order valence-corrected chi connectivity index (χ3v) is 5.72. The van der Waals surface area contributed by atoms with Crippen LogP contribution in [0.5, 0.6) is 0 Å². The first-order valence-electron chi connectivity index (χ1n) is 8.67. The average Bonchev–Trinajstić information content (AvgIpc) is 2.97. The summed E-state index contributed by atoms with van der Waals surface area (Å²) < 4.78 is 5.27. The highest BCUT2D eigenvalue weighted by molar-refractivity contribution is 5.76. The molecule has 1 N–H and O–H groups in total. The van der Waals surface area contributed by atoms with Gasteiger partial charge in [0, 0.05) is 44.2 Å². The van der Waals surface area contributed by atoms with E-state index in [-0.39, 0.29) is 5.92 Å². The highest BCUT2D eigenvalue weighted by Gasteiger charge is 2.52. The number of carbonyl (C=O) groups is 1. The number of likely N-dealkylation sites (tertiary alicyclic amines) is 2. The Bertz CT molecular complexity index is 608. The quantitative estimate of drug-likeness (QED) is 0.832. The fourth-order valence-electron chi connectivity index (χ4n) is 4.38. The SMILES string of the molecule is C=CCN1C[C@@H]2CN(Cc3c(C)noc3C)CCC[C@]2(C(=O)O)C1. The summed E-state index contributed by atoms with van der Waals surface area (Å²) in [6, 6.07) is 0. The van der Waals surface area contributed by atoms with Crippen LogP contribution in [0.1, 0.15) is 29.9 Å². The van der Waals surface area contributed by atoms with Crippen molar-refractivity contribution in [3.8, 4) is 0 Å². The third kappa shape index (κ3) is 3.00. The number of hydrogen-bond acceptors (Lipinski definition) is 5. The number of aryl methyl sites for hydroxylation is 2. The second kappa shape index (κ2) is 6.69. The molecule has 2 fully saturated rings. The molecule has 6 nitrogen and oxygen atoms in total. The molecule has 3 heterocycles. The molecule has 0 radical (unpaired) electrons. The van der Waals surface area contributed by atoms with Crippen LogP contribution in [0.4, 0.5) is 0 Å². The van der Waals surface area contributed by atoms with Crippen molar-refractivity contribution < 1.29 is 14.4 Å². The minimum absolute atomic E-state index is 0.151. The standard InChI is InChI=1S/C18H27N3O3/c1-4-7-21-10-15-9-20(11-16-13(2)19-24-14(16)3)8-5-6-18(15,12-21)17(22)23/h4,15H,1,5-12H2,2-3H3,(H,22,23)/t15-,18-/m0/s1. The lowest BCUT2D eigenvalue weighted by atomic mass is 9.75. The number of nitrogens with zero attached hydrogens (tertiary/aromatic N) is 3. The Hall–Kier alpha value is -1.66. The lowest BCUT2D eigenvalue weighted by Crippen LogP contribution is -2.41. The summed E-state index contributed by atoms with van der Waals surface area (Å²) in [6.07, 6.45) is 3.52. The van der Waals surface area contributed by atoms with Crippen molar-refractivity contribution in [2.45, 2.75) is 33.2 Å². The van der Waals surface area contributed by atoms with Gasteiger partial charge in [0.05, 0.1) is 11.1 Å². The summed E-state index contributed by atoms with van der Waals surface area (Å²) in [6.45, 7) is 12.5. The number of aliphatic carboxylic acids is 1. The maximum atomic E-state index is 12.1. The molecule has 1 aromatic rings. The number of carboxylic acids is 1. The van der Waals surface area contributed by atoms with Gasteiger partial charge < -0.3 is 9.63 Å². The molecule has 0 amide bonds. The topological polar surface area (TPSA) is 69.8 Å². The molecule has 24 heavy (non-hydrogen) atoms. The fraction of sp³-hybridized carbons (Fsp3) is 0.667. The molecule has 2 aliphatic rings. The molecule has 132 valence electrons. The van der Waals surface area contributed by atoms with Crippen molar-refractivity contribution in [3.63, 3.8) is 0 Å². The van der Waals surface area contributed by atoms with Crippen LogP contribution in [-0.4, -0.2) is 58.8 Å². The second-order valence-electron chi connectivity index (χ2n) is 7.28.